The van der Waals surface area contributed by atoms with Crippen LogP contribution >= 0.6 is 0 Å². The first-order chi connectivity index (χ1) is 24.4. The Morgan fingerprint density at radius 1 is 1.18 bits per heavy atom. The molecule has 4 bridgehead atoms. The Hall–Kier alpha value is -5.51. The van der Waals surface area contributed by atoms with Gasteiger partial charge < -0.3 is 30.3 Å². The minimum Gasteiger partial charge on any atom is -0.472 e. The fourth-order valence-electron chi connectivity index (χ4n) is 6.31. The number of amides is 5. The lowest BCUT2D eigenvalue weighted by Crippen LogP contribution is -2.66. The van der Waals surface area contributed by atoms with E-state index in [0.29, 0.717) is 23.8 Å². The molecule has 4 aliphatic rings. The monoisotopic (exact) mass is 718 g/mol. The molecule has 1 saturated heterocycles. The van der Waals surface area contributed by atoms with Gasteiger partial charge in [-0.1, -0.05) is 49.1 Å². The molecule has 0 radical (unpaired) electrons. The molecule has 0 unspecified atom stereocenters. The number of alkyl carbamates (subject to hydrolysis) is 1. The minimum absolute atomic E-state index is 0.0138. The molecule has 0 spiro atoms. The van der Waals surface area contributed by atoms with Gasteiger partial charge in [-0.2, -0.15) is 0 Å². The lowest BCUT2D eigenvalue weighted by Gasteiger charge is -2.43. The van der Waals surface area contributed by atoms with Gasteiger partial charge >= 0.3 is 6.09 Å². The molecule has 4 N–H and O–H groups in total. The molecule has 1 aromatic heterocycles. The van der Waals surface area contributed by atoms with Crippen molar-refractivity contribution in [2.24, 2.45) is 0 Å². The van der Waals surface area contributed by atoms with E-state index in [1.807, 2.05) is 36.4 Å². The quantitative estimate of drug-likeness (QED) is 0.230. The van der Waals surface area contributed by atoms with Crippen molar-refractivity contribution >= 4 is 56.6 Å². The van der Waals surface area contributed by atoms with E-state index in [0.717, 1.165) is 17.0 Å². The maximum absolute atomic E-state index is 14.2. The minimum atomic E-state index is -4.06. The van der Waals surface area contributed by atoms with E-state index in [1.165, 1.54) is 11.0 Å². The number of nitrogens with zero attached hydrogens (tertiary/aromatic N) is 2. The van der Waals surface area contributed by atoms with E-state index in [2.05, 4.69) is 38.8 Å². The molecule has 15 nitrogen and oxygen atoms in total. The molecule has 1 saturated carbocycles. The van der Waals surface area contributed by atoms with E-state index in [-0.39, 0.29) is 56.2 Å². The van der Waals surface area contributed by atoms with Crippen molar-refractivity contribution in [3.63, 3.8) is 0 Å². The summed E-state index contributed by atoms with van der Waals surface area (Å²) in [5.41, 5.74) is -0.123. The number of carbonyl (C=O) groups is 5. The fraction of sp³-hybridized carbons (Fsp3) is 0.371. The van der Waals surface area contributed by atoms with Crippen LogP contribution in [0.1, 0.15) is 44.1 Å². The van der Waals surface area contributed by atoms with Crippen LogP contribution in [-0.2, 0) is 33.9 Å². The number of fused-ring (bicyclic) bond motifs is 3. The molecule has 3 heterocycles. The summed E-state index contributed by atoms with van der Waals surface area (Å²) < 4.78 is 38.9. The van der Waals surface area contributed by atoms with Crippen molar-refractivity contribution in [2.75, 3.05) is 19.7 Å². The third-order valence-electron chi connectivity index (χ3n) is 9.04. The summed E-state index contributed by atoms with van der Waals surface area (Å²) in [6.07, 6.45) is 7.50. The van der Waals surface area contributed by atoms with Crippen molar-refractivity contribution < 1.29 is 41.9 Å². The van der Waals surface area contributed by atoms with Crippen LogP contribution < -0.4 is 25.4 Å². The van der Waals surface area contributed by atoms with Crippen molar-refractivity contribution in [3.8, 4) is 5.88 Å². The van der Waals surface area contributed by atoms with E-state index < -0.39 is 63.5 Å². The number of rotatable bonds is 8. The Balaban J connectivity index is 1.32. The number of hydrogen-bond acceptors (Lipinski definition) is 10. The second-order valence-corrected chi connectivity index (χ2v) is 14.6. The number of allylic oxidation sites excluding steroid dienone is 3. The average molecular weight is 719 g/mol. The molecule has 6 rings (SSSR count). The van der Waals surface area contributed by atoms with Gasteiger partial charge in [-0.15, -0.1) is 0 Å². The van der Waals surface area contributed by atoms with Crippen molar-refractivity contribution in [1.29, 1.82) is 0 Å². The second kappa shape index (κ2) is 14.4. The molecular weight excluding hydrogens is 680 g/mol. The van der Waals surface area contributed by atoms with E-state index in [9.17, 15) is 32.4 Å². The zero-order valence-corrected chi connectivity index (χ0v) is 28.5. The van der Waals surface area contributed by atoms with Gasteiger partial charge in [0.1, 0.15) is 23.7 Å². The Labute approximate surface area is 294 Å². The van der Waals surface area contributed by atoms with Gasteiger partial charge in [-0.05, 0) is 42.0 Å². The predicted octanol–water partition coefficient (Wildman–Crippen LogP) is 1.73. The molecule has 51 heavy (non-hydrogen) atoms. The van der Waals surface area contributed by atoms with E-state index >= 15 is 0 Å². The van der Waals surface area contributed by atoms with Gasteiger partial charge in [-0.25, -0.2) is 22.9 Å². The summed E-state index contributed by atoms with van der Waals surface area (Å²) in [7, 11) is -4.06. The largest absolute Gasteiger partial charge is 0.472 e. The Kier molecular flexibility index (Phi) is 9.96. The van der Waals surface area contributed by atoms with Gasteiger partial charge in [0.25, 0.3) is 15.9 Å². The molecule has 16 heteroatoms. The molecule has 2 aliphatic carbocycles. The summed E-state index contributed by atoms with van der Waals surface area (Å²) in [4.78, 5) is 72.4. The highest BCUT2D eigenvalue weighted by Crippen LogP contribution is 2.38. The summed E-state index contributed by atoms with van der Waals surface area (Å²) in [5, 5.41) is 9.28. The molecular formula is C35H38N6O9S. The van der Waals surface area contributed by atoms with Gasteiger partial charge in [0, 0.05) is 43.8 Å². The highest BCUT2D eigenvalue weighted by Gasteiger charge is 2.52. The highest BCUT2D eigenvalue weighted by atomic mass is 32.2. The number of pyridine rings is 1. The van der Waals surface area contributed by atoms with Crippen molar-refractivity contribution in [2.45, 2.75) is 62.3 Å². The number of carbonyl (C=O) groups excluding carboxylic acids is 5. The third kappa shape index (κ3) is 7.95. The number of cyclic esters (lactones) is 1. The molecule has 1 aromatic carbocycles. The second-order valence-electron chi connectivity index (χ2n) is 12.9. The number of ether oxygens (including phenoxy) is 2. The Morgan fingerprint density at radius 2 is 1.96 bits per heavy atom. The molecule has 268 valence electrons. The molecule has 2 aliphatic heterocycles. The average Bonchev–Trinajstić information content (AvgIpc) is 3.87. The first-order valence-electron chi connectivity index (χ1n) is 16.5. The Morgan fingerprint density at radius 3 is 2.69 bits per heavy atom. The van der Waals surface area contributed by atoms with Gasteiger partial charge in [-0.3, -0.25) is 19.2 Å². The maximum Gasteiger partial charge on any atom is 0.407 e. The maximum atomic E-state index is 14.2. The van der Waals surface area contributed by atoms with Crippen LogP contribution in [0.4, 0.5) is 4.79 Å². The number of nitrogens with one attached hydrogen (secondary N) is 4. The smallest absolute Gasteiger partial charge is 0.407 e. The van der Waals surface area contributed by atoms with Gasteiger partial charge in [0.15, 0.2) is 0 Å². The predicted molar refractivity (Wildman–Crippen MR) is 185 cm³/mol. The van der Waals surface area contributed by atoms with Crippen LogP contribution in [0.15, 0.2) is 72.3 Å². The van der Waals surface area contributed by atoms with E-state index in [4.69, 9.17) is 9.47 Å². The number of sulfonamides is 1. The van der Waals surface area contributed by atoms with Crippen LogP contribution in [0.25, 0.3) is 16.8 Å². The normalized spacial score (nSPS) is 23.6. The van der Waals surface area contributed by atoms with Gasteiger partial charge in [0.2, 0.25) is 23.6 Å². The lowest BCUT2D eigenvalue weighted by molar-refractivity contribution is -0.142. The summed E-state index contributed by atoms with van der Waals surface area (Å²) in [6, 6.07) is 5.01. The third-order valence-corrected chi connectivity index (χ3v) is 10.5. The van der Waals surface area contributed by atoms with Gasteiger partial charge in [0.05, 0.1) is 18.1 Å². The van der Waals surface area contributed by atoms with Crippen molar-refractivity contribution in [1.82, 2.24) is 30.6 Å². The molecule has 3 atom stereocenters. The highest BCUT2D eigenvalue weighted by molar-refractivity contribution is 7.94. The van der Waals surface area contributed by atoms with Crippen LogP contribution in [0.5, 0.6) is 5.88 Å². The van der Waals surface area contributed by atoms with Crippen LogP contribution in [0, 0.1) is 0 Å². The van der Waals surface area contributed by atoms with Crippen LogP contribution in [0.2, 0.25) is 0 Å². The van der Waals surface area contributed by atoms with Crippen molar-refractivity contribution in [3.05, 3.63) is 77.9 Å². The zero-order chi connectivity index (χ0) is 36.3. The fourth-order valence-corrected chi connectivity index (χ4v) is 7.40. The number of benzene rings is 1. The first-order valence-corrected chi connectivity index (χ1v) is 18.0. The van der Waals surface area contributed by atoms with Crippen LogP contribution in [0.3, 0.4) is 0 Å². The summed E-state index contributed by atoms with van der Waals surface area (Å²) >= 11 is 0. The molecule has 2 aromatic rings. The summed E-state index contributed by atoms with van der Waals surface area (Å²) in [5.74, 6) is -2.72. The first kappa shape index (κ1) is 35.3. The van der Waals surface area contributed by atoms with Crippen LogP contribution in [-0.4, -0.2) is 91.4 Å². The summed E-state index contributed by atoms with van der Waals surface area (Å²) in [6.45, 7) is 6.84. The number of aromatic nitrogens is 1. The SMILES string of the molecule is C=CC(=O)NC[C@@H]1NC(=O)OCCC/C=C/c2ccc3ccnc(c3c2)O[C@@H]2C[C@@H](C(=O)NC3(C(=O)NS(=O)(=O)C4=CC4)CC(=C)C3)N(C2)C1=O. The lowest BCUT2D eigenvalue weighted by atomic mass is 9.72. The number of hydrogen-bond donors (Lipinski definition) is 4. The Bertz CT molecular complexity index is 1980. The zero-order valence-electron chi connectivity index (χ0n) is 27.7. The standard InChI is InChI=1S/C35H38N6O9S/c1-3-29(42)37-19-27-32(44)41-20-24(16-28(41)30(43)39-35(17-21(2)18-35)33(45)40-51(47,48)25-10-11-25)50-31-26-15-22(8-9-23(26)12-13-36-31)7-5-4-6-14-49-34(46)38-27/h3,5,7-10,12-13,15,24,27-28H,1-2,4,6,11,14,16-20H2,(H,37,42)(H,38,46)(H,39,43)(H,40,45)/b7-5+/t24-,27+,28+/m1/s1. The molecule has 5 amide bonds. The topological polar surface area (TPSA) is 202 Å². The van der Waals surface area contributed by atoms with E-state index in [1.54, 1.807) is 6.20 Å². The molecule has 2 fully saturated rings.